The average Bonchev–Trinajstić information content (AvgIpc) is 3.50. The van der Waals surface area contributed by atoms with Gasteiger partial charge in [-0.2, -0.15) is 11.8 Å². The van der Waals surface area contributed by atoms with Crippen molar-refractivity contribution in [3.63, 3.8) is 0 Å². The van der Waals surface area contributed by atoms with Gasteiger partial charge in [-0.15, -0.1) is 0 Å². The van der Waals surface area contributed by atoms with E-state index in [1.165, 1.54) is 0 Å². The van der Waals surface area contributed by atoms with Crippen molar-refractivity contribution in [2.24, 2.45) is 0 Å². The van der Waals surface area contributed by atoms with Crippen molar-refractivity contribution in [1.29, 1.82) is 0 Å². The fourth-order valence-electron chi connectivity index (χ4n) is 4.45. The lowest BCUT2D eigenvalue weighted by molar-refractivity contribution is -0.142. The molecular formula is C25H35N5O4S. The number of carbonyl (C=O) groups excluding carboxylic acids is 2. The summed E-state index contributed by atoms with van der Waals surface area (Å²) >= 11 is 1.55. The highest BCUT2D eigenvalue weighted by molar-refractivity contribution is 7.98. The monoisotopic (exact) mass is 501 g/mol. The highest BCUT2D eigenvalue weighted by Crippen LogP contribution is 2.21. The largest absolute Gasteiger partial charge is 0.480 e. The first-order chi connectivity index (χ1) is 16.9. The standard InChI is InChI=1S/C25H35N5O4S/c1-18-6-3-4-7-19(18)14-29(16-23(31)28-22(25(33)34)9-11-35-2)15-21-8-5-10-30(21)24(32)12-20-13-26-17-27-20/h3-4,6-7,13,17,21-22H,5,8-12,14-16H2,1-2H3,(H,26,27)(H,28,31)(H,33,34)/t21-,22-/m0/s1. The number of likely N-dealkylation sites (tertiary alicyclic amines) is 1. The van der Waals surface area contributed by atoms with Crippen molar-refractivity contribution < 1.29 is 19.5 Å². The topological polar surface area (TPSA) is 119 Å². The number of aliphatic carboxylic acids is 1. The molecule has 1 aromatic heterocycles. The van der Waals surface area contributed by atoms with Crippen molar-refractivity contribution in [2.45, 2.75) is 51.2 Å². The van der Waals surface area contributed by atoms with Crippen LogP contribution in [-0.4, -0.2) is 86.4 Å². The quantitative estimate of drug-likeness (QED) is 0.385. The molecule has 10 heteroatoms. The van der Waals surface area contributed by atoms with E-state index in [0.29, 0.717) is 37.5 Å². The van der Waals surface area contributed by atoms with Gasteiger partial charge in [0.1, 0.15) is 6.04 Å². The number of carbonyl (C=O) groups is 3. The van der Waals surface area contributed by atoms with Crippen LogP contribution in [-0.2, 0) is 27.3 Å². The predicted molar refractivity (Wildman–Crippen MR) is 136 cm³/mol. The molecule has 1 aromatic carbocycles. The molecule has 1 aliphatic rings. The summed E-state index contributed by atoms with van der Waals surface area (Å²) in [5, 5.41) is 12.2. The number of hydrogen-bond acceptors (Lipinski definition) is 6. The van der Waals surface area contributed by atoms with Crippen LogP contribution in [0.4, 0.5) is 0 Å². The van der Waals surface area contributed by atoms with E-state index in [-0.39, 0.29) is 30.8 Å². The summed E-state index contributed by atoms with van der Waals surface area (Å²) in [6.07, 6.45) is 7.60. The van der Waals surface area contributed by atoms with Crippen LogP contribution in [0, 0.1) is 6.92 Å². The molecule has 0 aliphatic carbocycles. The third-order valence-electron chi connectivity index (χ3n) is 6.32. The molecule has 2 atom stereocenters. The lowest BCUT2D eigenvalue weighted by Gasteiger charge is -2.31. The number of carboxylic acids is 1. The number of amides is 2. The minimum atomic E-state index is -1.02. The molecule has 3 rings (SSSR count). The molecule has 0 radical (unpaired) electrons. The van der Waals surface area contributed by atoms with Gasteiger partial charge in [0.25, 0.3) is 0 Å². The Morgan fingerprint density at radius 1 is 1.34 bits per heavy atom. The number of nitrogens with zero attached hydrogens (tertiary/aromatic N) is 3. The Morgan fingerprint density at radius 2 is 2.14 bits per heavy atom. The van der Waals surface area contributed by atoms with Crippen molar-refractivity contribution in [3.05, 3.63) is 53.6 Å². The first-order valence-corrected chi connectivity index (χ1v) is 13.3. The van der Waals surface area contributed by atoms with Crippen LogP contribution in [0.25, 0.3) is 0 Å². The first-order valence-electron chi connectivity index (χ1n) is 11.9. The summed E-state index contributed by atoms with van der Waals surface area (Å²) in [4.78, 5) is 48.4. The van der Waals surface area contributed by atoms with Crippen LogP contribution in [0.5, 0.6) is 0 Å². The molecule has 3 N–H and O–H groups in total. The van der Waals surface area contributed by atoms with Crippen LogP contribution in [0.3, 0.4) is 0 Å². The summed E-state index contributed by atoms with van der Waals surface area (Å²) in [5.41, 5.74) is 2.94. The number of thioether (sulfide) groups is 1. The summed E-state index contributed by atoms with van der Waals surface area (Å²) in [6.45, 7) is 3.87. The van der Waals surface area contributed by atoms with E-state index in [4.69, 9.17) is 0 Å². The number of imidazole rings is 1. The minimum absolute atomic E-state index is 0.00924. The first kappa shape index (κ1) is 26.7. The number of aryl methyl sites for hydroxylation is 1. The van der Waals surface area contributed by atoms with E-state index in [9.17, 15) is 19.5 Å². The molecule has 1 saturated heterocycles. The van der Waals surface area contributed by atoms with E-state index >= 15 is 0 Å². The highest BCUT2D eigenvalue weighted by atomic mass is 32.2. The predicted octanol–water partition coefficient (Wildman–Crippen LogP) is 2.08. The molecule has 9 nitrogen and oxygen atoms in total. The number of hydrogen-bond donors (Lipinski definition) is 3. The van der Waals surface area contributed by atoms with Crippen LogP contribution < -0.4 is 5.32 Å². The number of nitrogens with one attached hydrogen (secondary N) is 2. The summed E-state index contributed by atoms with van der Waals surface area (Å²) in [6, 6.07) is 7.10. The van der Waals surface area contributed by atoms with Gasteiger partial charge >= 0.3 is 5.97 Å². The van der Waals surface area contributed by atoms with Crippen molar-refractivity contribution >= 4 is 29.5 Å². The maximum absolute atomic E-state index is 13.0. The van der Waals surface area contributed by atoms with Gasteiger partial charge in [0.2, 0.25) is 11.8 Å². The van der Waals surface area contributed by atoms with E-state index in [1.54, 1.807) is 24.3 Å². The molecule has 0 saturated carbocycles. The molecule has 1 aliphatic heterocycles. The van der Waals surface area contributed by atoms with E-state index in [1.807, 2.05) is 47.2 Å². The van der Waals surface area contributed by atoms with Crippen molar-refractivity contribution in [2.75, 3.05) is 31.6 Å². The Labute approximate surface area is 210 Å². The zero-order valence-electron chi connectivity index (χ0n) is 20.4. The molecule has 35 heavy (non-hydrogen) atoms. The number of aromatic amines is 1. The molecule has 0 spiro atoms. The second-order valence-electron chi connectivity index (χ2n) is 8.96. The van der Waals surface area contributed by atoms with Gasteiger partial charge in [0.05, 0.1) is 25.0 Å². The molecule has 2 aromatic rings. The Morgan fingerprint density at radius 3 is 2.83 bits per heavy atom. The number of carboxylic acid groups (broad SMARTS) is 1. The Bertz CT molecular complexity index is 984. The Balaban J connectivity index is 1.70. The van der Waals surface area contributed by atoms with E-state index in [0.717, 1.165) is 24.0 Å². The maximum atomic E-state index is 13.0. The van der Waals surface area contributed by atoms with Crippen molar-refractivity contribution in [3.8, 4) is 0 Å². The SMILES string of the molecule is CSCC[C@H](NC(=O)CN(Cc1ccccc1C)C[C@@H]1CCCN1C(=O)Cc1c[nH]cn1)C(=O)O. The molecule has 0 unspecified atom stereocenters. The summed E-state index contributed by atoms with van der Waals surface area (Å²) in [5.74, 6) is -0.662. The fraction of sp³-hybridized carbons (Fsp3) is 0.520. The Kier molecular flexibility index (Phi) is 10.2. The normalized spacial score (nSPS) is 16.4. The maximum Gasteiger partial charge on any atom is 0.326 e. The molecule has 2 heterocycles. The average molecular weight is 502 g/mol. The van der Waals surface area contributed by atoms with Gasteiger partial charge < -0.3 is 20.3 Å². The number of aromatic nitrogens is 2. The zero-order valence-corrected chi connectivity index (χ0v) is 21.2. The number of benzene rings is 1. The lowest BCUT2D eigenvalue weighted by Crippen LogP contribution is -2.49. The molecule has 2 amide bonds. The van der Waals surface area contributed by atoms with Crippen molar-refractivity contribution in [1.82, 2.24) is 25.1 Å². The Hall–Kier alpha value is -2.85. The van der Waals surface area contributed by atoms with Crippen LogP contribution in [0.2, 0.25) is 0 Å². The van der Waals surface area contributed by atoms with E-state index in [2.05, 4.69) is 15.3 Å². The van der Waals surface area contributed by atoms with Crippen LogP contribution in [0.15, 0.2) is 36.8 Å². The second-order valence-corrected chi connectivity index (χ2v) is 9.94. The minimum Gasteiger partial charge on any atom is -0.480 e. The fourth-order valence-corrected chi connectivity index (χ4v) is 4.92. The third kappa shape index (κ3) is 8.10. The third-order valence-corrected chi connectivity index (χ3v) is 6.96. The van der Waals surface area contributed by atoms with E-state index < -0.39 is 12.0 Å². The molecule has 1 fully saturated rings. The number of rotatable bonds is 13. The second kappa shape index (κ2) is 13.3. The van der Waals surface area contributed by atoms with Crippen LogP contribution in [0.1, 0.15) is 36.1 Å². The molecule has 0 bridgehead atoms. The summed E-state index contributed by atoms with van der Waals surface area (Å²) in [7, 11) is 0. The molecular weight excluding hydrogens is 466 g/mol. The van der Waals surface area contributed by atoms with Gasteiger partial charge in [-0.25, -0.2) is 9.78 Å². The highest BCUT2D eigenvalue weighted by Gasteiger charge is 2.31. The lowest BCUT2D eigenvalue weighted by atomic mass is 10.1. The van der Waals surface area contributed by atoms with Gasteiger partial charge in [0.15, 0.2) is 0 Å². The molecule has 190 valence electrons. The smallest absolute Gasteiger partial charge is 0.326 e. The van der Waals surface area contributed by atoms with Gasteiger partial charge in [0, 0.05) is 31.9 Å². The van der Waals surface area contributed by atoms with Crippen LogP contribution >= 0.6 is 11.8 Å². The van der Waals surface area contributed by atoms with Gasteiger partial charge in [-0.05, 0) is 49.3 Å². The summed E-state index contributed by atoms with van der Waals surface area (Å²) < 4.78 is 0. The van der Waals surface area contributed by atoms with Gasteiger partial charge in [-0.1, -0.05) is 24.3 Å². The number of H-pyrrole nitrogens is 1. The van der Waals surface area contributed by atoms with Gasteiger partial charge in [-0.3, -0.25) is 14.5 Å². The zero-order chi connectivity index (χ0) is 25.2.